The van der Waals surface area contributed by atoms with Gasteiger partial charge in [-0.1, -0.05) is 139 Å². The second-order valence-corrected chi connectivity index (χ2v) is 13.0. The van der Waals surface area contributed by atoms with Crippen molar-refractivity contribution in [2.24, 2.45) is 15.3 Å². The average molecular weight is 960 g/mol. The SMILES string of the molecule is O=C(N/N=C/c1c([O-])ccc2ccccc12)c1ccccc1-c1ccccc1/C([O-])=N/N=C/c1c([O-])ccc2ccccc12.[Cu+2].[Cu+2].[O-][Cl+3]([O-])([O-])[O-].c1ccncc1.c1ccncc1. The maximum atomic E-state index is 13.3. The van der Waals surface area contributed by atoms with Crippen molar-refractivity contribution in [2.45, 2.75) is 0 Å². The van der Waals surface area contributed by atoms with E-state index in [-0.39, 0.29) is 56.8 Å². The smallest absolute Gasteiger partial charge is 0.872 e. The second kappa shape index (κ2) is 25.8. The van der Waals surface area contributed by atoms with Crippen molar-refractivity contribution in [3.63, 3.8) is 0 Å². The molecule has 1 N–H and O–H groups in total. The number of hydrogen-bond acceptors (Lipinski definition) is 13. The van der Waals surface area contributed by atoms with E-state index >= 15 is 0 Å². The number of pyridine rings is 2. The molecule has 2 aromatic heterocycles. The Labute approximate surface area is 385 Å². The first kappa shape index (κ1) is 50.5. The van der Waals surface area contributed by atoms with Crippen LogP contribution in [0, 0.1) is 10.2 Å². The first-order valence-electron chi connectivity index (χ1n) is 18.0. The Kier molecular flexibility index (Phi) is 20.7. The Bertz CT molecular complexity index is 2670. The molecule has 17 heteroatoms. The molecule has 0 saturated heterocycles. The number of benzene rings is 6. The van der Waals surface area contributed by atoms with Crippen molar-refractivity contribution >= 4 is 45.8 Å². The van der Waals surface area contributed by atoms with E-state index in [0.29, 0.717) is 27.6 Å². The van der Waals surface area contributed by atoms with Crippen molar-refractivity contribution in [2.75, 3.05) is 0 Å². The van der Waals surface area contributed by atoms with Crippen LogP contribution >= 0.6 is 0 Å². The molecule has 0 aliphatic heterocycles. The third-order valence-electron chi connectivity index (χ3n) is 8.31. The van der Waals surface area contributed by atoms with Gasteiger partial charge >= 0.3 is 34.1 Å². The fourth-order valence-electron chi connectivity index (χ4n) is 5.67. The molecule has 0 saturated carbocycles. The fraction of sp³-hybridized carbons (Fsp3) is 0. The van der Waals surface area contributed by atoms with E-state index in [1.807, 2.05) is 84.9 Å². The summed E-state index contributed by atoms with van der Waals surface area (Å²) in [6.07, 6.45) is 9.62. The normalized spacial score (nSPS) is 10.8. The zero-order chi connectivity index (χ0) is 43.5. The van der Waals surface area contributed by atoms with E-state index in [4.69, 9.17) is 18.6 Å². The van der Waals surface area contributed by atoms with Gasteiger partial charge in [0.15, 0.2) is 0 Å². The van der Waals surface area contributed by atoms with Crippen LogP contribution in [0.2, 0.25) is 0 Å². The second-order valence-electron chi connectivity index (χ2n) is 12.3. The van der Waals surface area contributed by atoms with Gasteiger partial charge in [-0.05, 0) is 79.7 Å². The molecule has 8 aromatic rings. The quantitative estimate of drug-likeness (QED) is 0.105. The molecule has 14 nitrogen and oxygen atoms in total. The molecule has 2 radical (unpaired) electrons. The molecule has 0 aliphatic carbocycles. The van der Waals surface area contributed by atoms with E-state index in [1.165, 1.54) is 24.6 Å². The van der Waals surface area contributed by atoms with Gasteiger partial charge in [0.05, 0.1) is 12.4 Å². The van der Waals surface area contributed by atoms with Gasteiger partial charge < -0.3 is 15.3 Å². The number of halogens is 1. The van der Waals surface area contributed by atoms with Gasteiger partial charge in [0, 0.05) is 36.2 Å². The van der Waals surface area contributed by atoms with Crippen LogP contribution in [0.25, 0.3) is 32.7 Å². The van der Waals surface area contributed by atoms with Crippen LogP contribution in [0.4, 0.5) is 0 Å². The molecule has 324 valence electrons. The third kappa shape index (κ3) is 15.9. The molecule has 1 amide bonds. The molecular formula is C46H33ClCu2N6O8. The van der Waals surface area contributed by atoms with Gasteiger partial charge in [-0.25, -0.2) is 24.1 Å². The summed E-state index contributed by atoms with van der Waals surface area (Å²) < 4.78 is 34.0. The molecule has 0 unspecified atom stereocenters. The fourth-order valence-corrected chi connectivity index (χ4v) is 5.67. The Morgan fingerprint density at radius 2 is 0.937 bits per heavy atom. The third-order valence-corrected chi connectivity index (χ3v) is 8.31. The van der Waals surface area contributed by atoms with Crippen LogP contribution < -0.4 is 39.4 Å². The number of nitrogens with one attached hydrogen (secondary N) is 1. The topological polar surface area (TPSA) is 253 Å². The zero-order valence-electron chi connectivity index (χ0n) is 32.5. The molecule has 6 aromatic carbocycles. The predicted molar refractivity (Wildman–Crippen MR) is 216 cm³/mol. The van der Waals surface area contributed by atoms with Gasteiger partial charge in [-0.15, -0.1) is 10.2 Å². The van der Waals surface area contributed by atoms with Crippen LogP contribution in [-0.2, 0) is 34.1 Å². The summed E-state index contributed by atoms with van der Waals surface area (Å²) in [5, 5.41) is 53.2. The first-order valence-corrected chi connectivity index (χ1v) is 19.2. The number of nitrogens with zero attached hydrogens (tertiary/aromatic N) is 5. The standard InChI is InChI=1S/C36H26N4O4.2C5H5N.ClHO4.2Cu/c41-33-19-17-23-9-1-3-11-25(23)31(33)21-37-39-35(43)29-15-7-5-13-27(29)28-14-6-8-16-30(28)36(44)40-38-22-32-26-12-4-2-10-24(26)18-20-34(32)42;2*1-2-4-6-5-3-1;2-1(3,4)5;;/h1-22,41-42H,(H,39,43)(H,40,44);2*1-5H;(H,2,3,4,5);;/q;;;;2*+2/p-4/b37-21+,38-22+;;;;;. The van der Waals surface area contributed by atoms with Crippen LogP contribution in [-0.4, -0.2) is 34.2 Å². The number of aromatic nitrogens is 2. The number of hydrazone groups is 1. The number of amides is 1. The summed E-state index contributed by atoms with van der Waals surface area (Å²) in [5.74, 6) is -1.62. The average Bonchev–Trinajstić information content (AvgIpc) is 3.29. The van der Waals surface area contributed by atoms with Gasteiger partial charge in [0.1, 0.15) is 0 Å². The van der Waals surface area contributed by atoms with Gasteiger partial charge in [0.2, 0.25) is 0 Å². The van der Waals surface area contributed by atoms with Crippen LogP contribution in [0.1, 0.15) is 27.0 Å². The van der Waals surface area contributed by atoms with Crippen molar-refractivity contribution in [3.05, 3.63) is 205 Å². The predicted octanol–water partition coefficient (Wildman–Crippen LogP) is 2.11. The Morgan fingerprint density at radius 1 is 0.524 bits per heavy atom. The van der Waals surface area contributed by atoms with Gasteiger partial charge in [0.25, 0.3) is 5.91 Å². The largest absolute Gasteiger partial charge is 2.00 e. The minimum Gasteiger partial charge on any atom is -0.872 e. The van der Waals surface area contributed by atoms with Crippen LogP contribution in [0.3, 0.4) is 0 Å². The van der Waals surface area contributed by atoms with Gasteiger partial charge in [-0.2, -0.15) is 15.3 Å². The maximum absolute atomic E-state index is 13.3. The number of hydrogen-bond donors (Lipinski definition) is 1. The minimum atomic E-state index is -4.94. The molecule has 0 bridgehead atoms. The van der Waals surface area contributed by atoms with Crippen molar-refractivity contribution in [1.82, 2.24) is 15.4 Å². The summed E-state index contributed by atoms with van der Waals surface area (Å²) >= 11 is 0. The molecule has 8 rings (SSSR count). The summed E-state index contributed by atoms with van der Waals surface area (Å²) in [6, 6.07) is 46.1. The number of fused-ring (bicyclic) bond motifs is 2. The van der Waals surface area contributed by atoms with Gasteiger partial charge in [-0.3, -0.25) is 14.8 Å². The molecular weight excluding hydrogens is 927 g/mol. The zero-order valence-corrected chi connectivity index (χ0v) is 35.1. The van der Waals surface area contributed by atoms with Crippen molar-refractivity contribution < 1.29 is 83.1 Å². The molecule has 0 spiro atoms. The molecule has 0 fully saturated rings. The number of carbonyl (C=O) groups excluding carboxylic acids is 1. The monoisotopic (exact) mass is 958 g/mol. The molecule has 63 heavy (non-hydrogen) atoms. The number of carbonyl (C=O) groups is 1. The molecule has 0 aliphatic rings. The Hall–Kier alpha value is -6.81. The number of rotatable bonds is 7. The minimum absolute atomic E-state index is 0. The van der Waals surface area contributed by atoms with Crippen molar-refractivity contribution in [3.8, 4) is 22.6 Å². The summed E-state index contributed by atoms with van der Waals surface area (Å²) in [7, 11) is -4.94. The Morgan fingerprint density at radius 3 is 1.40 bits per heavy atom. The summed E-state index contributed by atoms with van der Waals surface area (Å²) in [5.41, 5.74) is 4.64. The summed E-state index contributed by atoms with van der Waals surface area (Å²) in [6.45, 7) is 0. The Balaban J connectivity index is 0.000000464. The van der Waals surface area contributed by atoms with E-state index in [9.17, 15) is 20.1 Å². The van der Waals surface area contributed by atoms with Crippen LogP contribution in [0.15, 0.2) is 198 Å². The van der Waals surface area contributed by atoms with E-state index in [2.05, 4.69) is 30.7 Å². The first-order chi connectivity index (χ1) is 29.5. The van der Waals surface area contributed by atoms with E-state index in [0.717, 1.165) is 16.2 Å². The summed E-state index contributed by atoms with van der Waals surface area (Å²) in [4.78, 5) is 20.8. The molecule has 0 atom stereocenters. The maximum Gasteiger partial charge on any atom is 2.00 e. The van der Waals surface area contributed by atoms with Crippen LogP contribution in [0.5, 0.6) is 11.5 Å². The van der Waals surface area contributed by atoms with E-state index < -0.39 is 22.0 Å². The van der Waals surface area contributed by atoms with Crippen molar-refractivity contribution in [1.29, 1.82) is 0 Å². The van der Waals surface area contributed by atoms with E-state index in [1.54, 1.807) is 85.5 Å². The molecule has 2 heterocycles.